The topological polar surface area (TPSA) is 83.2 Å². The number of hydrogen-bond acceptors (Lipinski definition) is 4. The minimum atomic E-state index is 0.353. The second-order valence-electron chi connectivity index (χ2n) is 14.8. The first-order valence-corrected chi connectivity index (χ1v) is 19.8. The van der Waals surface area contributed by atoms with Crippen molar-refractivity contribution in [3.05, 3.63) is 205 Å². The van der Waals surface area contributed by atoms with E-state index >= 15 is 0 Å². The highest BCUT2D eigenvalue weighted by atomic mass is 15.0. The molecule has 0 unspecified atom stereocenters. The Kier molecular flexibility index (Phi) is 8.15. The molecule has 3 aromatic heterocycles. The molecule has 0 bridgehead atoms. The van der Waals surface area contributed by atoms with Gasteiger partial charge in [-0.15, -0.1) is 0 Å². The summed E-state index contributed by atoms with van der Waals surface area (Å²) < 4.78 is 4.69. The van der Waals surface area contributed by atoms with Gasteiger partial charge in [0.15, 0.2) is 5.82 Å². The molecule has 0 saturated carbocycles. The Labute approximate surface area is 345 Å². The summed E-state index contributed by atoms with van der Waals surface area (Å²) in [5, 5.41) is 26.0. The molecule has 6 nitrogen and oxygen atoms in total. The molecule has 11 aromatic rings. The third-order valence-corrected chi connectivity index (χ3v) is 11.4. The zero-order chi connectivity index (χ0) is 40.2. The Balaban J connectivity index is 1.12. The second-order valence-corrected chi connectivity index (χ2v) is 14.8. The molecule has 0 spiro atoms. The average molecular weight is 765 g/mol. The van der Waals surface area contributed by atoms with E-state index in [1.54, 1.807) is 0 Å². The van der Waals surface area contributed by atoms with Crippen molar-refractivity contribution in [3.8, 4) is 68.5 Å². The average Bonchev–Trinajstić information content (AvgIpc) is 3.82. The molecule has 8 aromatic carbocycles. The van der Waals surface area contributed by atoms with Crippen LogP contribution in [-0.2, 0) is 0 Å². The maximum Gasteiger partial charge on any atom is 0.160 e. The van der Waals surface area contributed by atoms with Crippen LogP contribution in [0.3, 0.4) is 0 Å². The summed E-state index contributed by atoms with van der Waals surface area (Å²) in [6, 6.07) is 70.8. The summed E-state index contributed by atoms with van der Waals surface area (Å²) in [6.45, 7) is 0. The predicted octanol–water partition coefficient (Wildman–Crippen LogP) is 13.1. The molecule has 11 rings (SSSR count). The molecule has 6 heteroatoms. The molecule has 0 aliphatic rings. The first-order valence-electron chi connectivity index (χ1n) is 19.8. The lowest BCUT2D eigenvalue weighted by atomic mass is 9.94. The SMILES string of the molecule is N#Cc1cc(-c2nc(-c3ccccc3)nc(-c3ccccc3)c2C#N)ccc1-c1ccc2c3cc4c(cc3n(-c3ccccc3)c2c1)c1ccccc1n4-c1ccccc1. The zero-order valence-electron chi connectivity index (χ0n) is 32.2. The van der Waals surface area contributed by atoms with Gasteiger partial charge in [0.2, 0.25) is 0 Å². The van der Waals surface area contributed by atoms with E-state index in [1.165, 1.54) is 10.8 Å². The Morgan fingerprint density at radius 1 is 0.367 bits per heavy atom. The molecule has 278 valence electrons. The van der Waals surface area contributed by atoms with Crippen LogP contribution in [0.1, 0.15) is 11.1 Å². The standard InChI is InChI=1S/C54H32N6/c55-33-39-29-38(53-47(34-56)52(35-15-5-1-6-16-35)57-54(58-53)36-17-7-2-8-18-36)26-27-42(39)37-25-28-44-46-32-50-45(31-51(46)60(49(44)30-37)41-21-11-4-12-22-41)43-23-13-14-24-48(43)59(50)40-19-9-3-10-20-40/h1-32H. The van der Waals surface area contributed by atoms with Gasteiger partial charge in [0.25, 0.3) is 0 Å². The van der Waals surface area contributed by atoms with Gasteiger partial charge in [-0.2, -0.15) is 10.5 Å². The highest BCUT2D eigenvalue weighted by Crippen LogP contribution is 2.42. The molecule has 0 atom stereocenters. The Morgan fingerprint density at radius 2 is 0.867 bits per heavy atom. The van der Waals surface area contributed by atoms with E-state index in [-0.39, 0.29) is 0 Å². The largest absolute Gasteiger partial charge is 0.309 e. The molecule has 0 aliphatic heterocycles. The van der Waals surface area contributed by atoms with Gasteiger partial charge in [0, 0.05) is 49.6 Å². The molecule has 0 amide bonds. The fourth-order valence-electron chi connectivity index (χ4n) is 8.69. The lowest BCUT2D eigenvalue weighted by Crippen LogP contribution is -2.01. The first-order chi connectivity index (χ1) is 29.7. The van der Waals surface area contributed by atoms with Crippen molar-refractivity contribution in [3.63, 3.8) is 0 Å². The van der Waals surface area contributed by atoms with Gasteiger partial charge in [-0.1, -0.05) is 140 Å². The van der Waals surface area contributed by atoms with Crippen molar-refractivity contribution in [1.29, 1.82) is 10.5 Å². The molecule has 0 saturated heterocycles. The molecular weight excluding hydrogens is 733 g/mol. The molecule has 3 heterocycles. The fourth-order valence-corrected chi connectivity index (χ4v) is 8.69. The number of aromatic nitrogens is 4. The van der Waals surface area contributed by atoms with E-state index in [4.69, 9.17) is 9.97 Å². The number of benzene rings is 8. The molecule has 0 fully saturated rings. The quantitative estimate of drug-likeness (QED) is 0.169. The highest BCUT2D eigenvalue weighted by Gasteiger charge is 2.22. The maximum atomic E-state index is 10.7. The van der Waals surface area contributed by atoms with Crippen LogP contribution >= 0.6 is 0 Å². The van der Waals surface area contributed by atoms with Crippen molar-refractivity contribution < 1.29 is 0 Å². The van der Waals surface area contributed by atoms with E-state index in [1.807, 2.05) is 84.9 Å². The summed E-state index contributed by atoms with van der Waals surface area (Å²) in [7, 11) is 0. The second kappa shape index (κ2) is 14.1. The van der Waals surface area contributed by atoms with Crippen LogP contribution < -0.4 is 0 Å². The Hall–Kier alpha value is -8.58. The predicted molar refractivity (Wildman–Crippen MR) is 242 cm³/mol. The normalized spacial score (nSPS) is 11.3. The van der Waals surface area contributed by atoms with Crippen molar-refractivity contribution in [1.82, 2.24) is 19.1 Å². The molecule has 0 radical (unpaired) electrons. The van der Waals surface area contributed by atoms with Crippen molar-refractivity contribution in [2.24, 2.45) is 0 Å². The molecule has 60 heavy (non-hydrogen) atoms. The van der Waals surface area contributed by atoms with Crippen LogP contribution in [-0.4, -0.2) is 19.1 Å². The van der Waals surface area contributed by atoms with Gasteiger partial charge in [0.05, 0.1) is 45.1 Å². The third kappa shape index (κ3) is 5.56. The zero-order valence-corrected chi connectivity index (χ0v) is 32.2. The van der Waals surface area contributed by atoms with Crippen LogP contribution in [0, 0.1) is 22.7 Å². The summed E-state index contributed by atoms with van der Waals surface area (Å²) in [6.07, 6.45) is 0. The van der Waals surface area contributed by atoms with Crippen LogP contribution in [0.2, 0.25) is 0 Å². The number of hydrogen-bond donors (Lipinski definition) is 0. The summed E-state index contributed by atoms with van der Waals surface area (Å²) >= 11 is 0. The fraction of sp³-hybridized carbons (Fsp3) is 0. The van der Waals surface area contributed by atoms with E-state index in [2.05, 4.69) is 130 Å². The third-order valence-electron chi connectivity index (χ3n) is 11.4. The lowest BCUT2D eigenvalue weighted by Gasteiger charge is -2.14. The van der Waals surface area contributed by atoms with Crippen LogP contribution in [0.4, 0.5) is 0 Å². The Morgan fingerprint density at radius 3 is 1.48 bits per heavy atom. The number of fused-ring (bicyclic) bond motifs is 6. The van der Waals surface area contributed by atoms with E-state index in [9.17, 15) is 10.5 Å². The number of para-hydroxylation sites is 3. The summed E-state index contributed by atoms with van der Waals surface area (Å²) in [5.41, 5.74) is 12.5. The van der Waals surface area contributed by atoms with Gasteiger partial charge >= 0.3 is 0 Å². The van der Waals surface area contributed by atoms with Gasteiger partial charge in [-0.05, 0) is 65.7 Å². The van der Waals surface area contributed by atoms with E-state index in [0.717, 1.165) is 66.5 Å². The molecule has 0 N–H and O–H groups in total. The highest BCUT2D eigenvalue weighted by molar-refractivity contribution is 6.19. The smallest absolute Gasteiger partial charge is 0.160 e. The van der Waals surface area contributed by atoms with Gasteiger partial charge in [-0.3, -0.25) is 0 Å². The van der Waals surface area contributed by atoms with Crippen LogP contribution in [0.15, 0.2) is 194 Å². The minimum Gasteiger partial charge on any atom is -0.309 e. The van der Waals surface area contributed by atoms with E-state index < -0.39 is 0 Å². The summed E-state index contributed by atoms with van der Waals surface area (Å²) in [4.78, 5) is 9.88. The van der Waals surface area contributed by atoms with Crippen LogP contribution in [0.25, 0.3) is 100 Å². The van der Waals surface area contributed by atoms with Gasteiger partial charge < -0.3 is 9.13 Å². The van der Waals surface area contributed by atoms with Crippen molar-refractivity contribution >= 4 is 43.6 Å². The lowest BCUT2D eigenvalue weighted by molar-refractivity contribution is 1.17. The molecule has 0 aliphatic carbocycles. The number of nitriles is 2. The van der Waals surface area contributed by atoms with E-state index in [0.29, 0.717) is 33.9 Å². The maximum absolute atomic E-state index is 10.7. The Bertz CT molecular complexity index is 3540. The van der Waals surface area contributed by atoms with Gasteiger partial charge in [-0.25, -0.2) is 9.97 Å². The van der Waals surface area contributed by atoms with Crippen molar-refractivity contribution in [2.45, 2.75) is 0 Å². The van der Waals surface area contributed by atoms with Crippen LogP contribution in [0.5, 0.6) is 0 Å². The van der Waals surface area contributed by atoms with Crippen molar-refractivity contribution in [2.75, 3.05) is 0 Å². The minimum absolute atomic E-state index is 0.353. The summed E-state index contributed by atoms with van der Waals surface area (Å²) in [5.74, 6) is 0.506. The monoisotopic (exact) mass is 764 g/mol. The first kappa shape index (κ1) is 34.7. The van der Waals surface area contributed by atoms with Gasteiger partial charge in [0.1, 0.15) is 11.6 Å². The number of rotatable bonds is 6. The molecular formula is C54H32N6. The number of nitrogens with zero attached hydrogens (tertiary/aromatic N) is 6.